The van der Waals surface area contributed by atoms with E-state index in [4.69, 9.17) is 0 Å². The normalized spacial score (nSPS) is 15.1. The molecule has 0 aliphatic carbocycles. The zero-order valence-corrected chi connectivity index (χ0v) is 15.9. The van der Waals surface area contributed by atoms with Gasteiger partial charge in [0.05, 0.1) is 17.8 Å². The summed E-state index contributed by atoms with van der Waals surface area (Å²) in [5, 5.41) is 13.1. The van der Waals surface area contributed by atoms with Crippen molar-refractivity contribution in [2.45, 2.75) is 6.54 Å². The van der Waals surface area contributed by atoms with E-state index in [2.05, 4.69) is 25.4 Å². The molecule has 1 saturated heterocycles. The molecule has 8 nitrogen and oxygen atoms in total. The Kier molecular flexibility index (Phi) is 4.53. The Bertz CT molecular complexity index is 1130. The Morgan fingerprint density at radius 3 is 2.55 bits per heavy atom. The van der Waals surface area contributed by atoms with Crippen LogP contribution in [0.4, 0.5) is 0 Å². The van der Waals surface area contributed by atoms with Crippen molar-refractivity contribution in [3.05, 3.63) is 72.2 Å². The fourth-order valence-corrected chi connectivity index (χ4v) is 3.80. The zero-order chi connectivity index (χ0) is 19.6. The van der Waals surface area contributed by atoms with E-state index in [0.717, 1.165) is 41.1 Å². The number of tetrazole rings is 1. The Balaban J connectivity index is 1.25. The molecule has 1 N–H and O–H groups in total. The number of fused-ring (bicyclic) bond motifs is 1. The van der Waals surface area contributed by atoms with Gasteiger partial charge in [-0.15, -0.1) is 5.10 Å². The number of aromatic amines is 1. The van der Waals surface area contributed by atoms with Crippen LogP contribution in [0, 0.1) is 0 Å². The molecule has 5 rings (SSSR count). The first-order valence-corrected chi connectivity index (χ1v) is 9.70. The van der Waals surface area contributed by atoms with Crippen molar-refractivity contribution in [3.8, 4) is 5.69 Å². The van der Waals surface area contributed by atoms with Gasteiger partial charge in [0, 0.05) is 43.3 Å². The highest BCUT2D eigenvalue weighted by molar-refractivity contribution is 6.06. The van der Waals surface area contributed by atoms with E-state index < -0.39 is 0 Å². The van der Waals surface area contributed by atoms with Crippen LogP contribution < -0.4 is 0 Å². The van der Waals surface area contributed by atoms with Gasteiger partial charge in [0.1, 0.15) is 0 Å². The van der Waals surface area contributed by atoms with Gasteiger partial charge in [-0.2, -0.15) is 4.68 Å². The van der Waals surface area contributed by atoms with Gasteiger partial charge >= 0.3 is 0 Å². The molecule has 2 aromatic heterocycles. The lowest BCUT2D eigenvalue weighted by Crippen LogP contribution is -2.48. The average molecular weight is 387 g/mol. The molecule has 0 atom stereocenters. The fourth-order valence-electron chi connectivity index (χ4n) is 3.80. The van der Waals surface area contributed by atoms with Crippen molar-refractivity contribution in [2.24, 2.45) is 0 Å². The highest BCUT2D eigenvalue weighted by Crippen LogP contribution is 2.20. The second kappa shape index (κ2) is 7.48. The summed E-state index contributed by atoms with van der Waals surface area (Å²) in [4.78, 5) is 20.4. The third-order valence-electron chi connectivity index (χ3n) is 5.38. The summed E-state index contributed by atoms with van der Waals surface area (Å²) in [6.45, 7) is 3.60. The number of aromatic nitrogens is 5. The van der Waals surface area contributed by atoms with Crippen molar-refractivity contribution in [1.82, 2.24) is 35.0 Å². The number of rotatable bonds is 4. The quantitative estimate of drug-likeness (QED) is 0.580. The molecule has 1 amide bonds. The van der Waals surface area contributed by atoms with Crippen LogP contribution in [0.5, 0.6) is 0 Å². The standard InChI is InChI=1S/C21H21N7O/c29-21(18-14-22-19-9-5-4-8-17(18)19)27-12-10-26(11-13-27)15-20-23-24-25-28(20)16-6-2-1-3-7-16/h1-9,14,22H,10-13,15H2. The van der Waals surface area contributed by atoms with Crippen molar-refractivity contribution < 1.29 is 4.79 Å². The van der Waals surface area contributed by atoms with E-state index in [1.807, 2.05) is 65.7 Å². The second-order valence-electron chi connectivity index (χ2n) is 7.16. The molecular weight excluding hydrogens is 366 g/mol. The fraction of sp³-hybridized carbons (Fsp3) is 0.238. The SMILES string of the molecule is O=C(c1c[nH]c2ccccc12)N1CCN(Cc2nnnn2-c2ccccc2)CC1. The summed E-state index contributed by atoms with van der Waals surface area (Å²) in [6.07, 6.45) is 1.81. The molecule has 8 heteroatoms. The van der Waals surface area contributed by atoms with E-state index >= 15 is 0 Å². The lowest BCUT2D eigenvalue weighted by atomic mass is 10.1. The number of hydrogen-bond acceptors (Lipinski definition) is 5. The number of para-hydroxylation sites is 2. The van der Waals surface area contributed by atoms with Crippen LogP contribution in [0.2, 0.25) is 0 Å². The van der Waals surface area contributed by atoms with E-state index in [1.165, 1.54) is 0 Å². The smallest absolute Gasteiger partial charge is 0.256 e. The van der Waals surface area contributed by atoms with Gasteiger partial charge in [0.25, 0.3) is 5.91 Å². The Morgan fingerprint density at radius 1 is 0.966 bits per heavy atom. The van der Waals surface area contributed by atoms with E-state index in [9.17, 15) is 4.79 Å². The number of nitrogens with one attached hydrogen (secondary N) is 1. The minimum Gasteiger partial charge on any atom is -0.360 e. The van der Waals surface area contributed by atoms with Gasteiger partial charge in [0.15, 0.2) is 5.82 Å². The van der Waals surface area contributed by atoms with E-state index in [1.54, 1.807) is 4.68 Å². The van der Waals surface area contributed by atoms with Crippen molar-refractivity contribution in [2.75, 3.05) is 26.2 Å². The van der Waals surface area contributed by atoms with Crippen LogP contribution in [0.15, 0.2) is 60.8 Å². The minimum atomic E-state index is 0.0798. The first kappa shape index (κ1) is 17.6. The number of hydrogen-bond donors (Lipinski definition) is 1. The number of amides is 1. The van der Waals surface area contributed by atoms with Gasteiger partial charge in [0.2, 0.25) is 0 Å². The molecule has 4 aromatic rings. The monoisotopic (exact) mass is 387 g/mol. The van der Waals surface area contributed by atoms with Crippen LogP contribution in [0.3, 0.4) is 0 Å². The van der Waals surface area contributed by atoms with Crippen molar-refractivity contribution in [1.29, 1.82) is 0 Å². The number of piperazine rings is 1. The van der Waals surface area contributed by atoms with Crippen LogP contribution in [-0.2, 0) is 6.54 Å². The molecule has 0 unspecified atom stereocenters. The van der Waals surface area contributed by atoms with Crippen molar-refractivity contribution in [3.63, 3.8) is 0 Å². The van der Waals surface area contributed by atoms with Crippen LogP contribution in [0.25, 0.3) is 16.6 Å². The predicted molar refractivity (Wildman–Crippen MR) is 109 cm³/mol. The molecule has 1 aliphatic heterocycles. The van der Waals surface area contributed by atoms with Gasteiger partial charge in [-0.1, -0.05) is 36.4 Å². The Morgan fingerprint density at radius 2 is 1.72 bits per heavy atom. The summed E-state index contributed by atoms with van der Waals surface area (Å²) in [6, 6.07) is 17.8. The molecule has 2 aromatic carbocycles. The highest BCUT2D eigenvalue weighted by Gasteiger charge is 2.25. The first-order chi connectivity index (χ1) is 14.3. The predicted octanol–water partition coefficient (Wildman–Crippen LogP) is 2.10. The maximum atomic E-state index is 13.0. The summed E-state index contributed by atoms with van der Waals surface area (Å²) in [5.74, 6) is 0.879. The summed E-state index contributed by atoms with van der Waals surface area (Å²) in [7, 11) is 0. The summed E-state index contributed by atoms with van der Waals surface area (Å²) in [5.41, 5.74) is 2.67. The van der Waals surface area contributed by atoms with Gasteiger partial charge < -0.3 is 9.88 Å². The van der Waals surface area contributed by atoms with E-state index in [-0.39, 0.29) is 5.91 Å². The maximum absolute atomic E-state index is 13.0. The molecule has 29 heavy (non-hydrogen) atoms. The number of nitrogens with zero attached hydrogens (tertiary/aromatic N) is 6. The summed E-state index contributed by atoms with van der Waals surface area (Å²) < 4.78 is 1.77. The number of H-pyrrole nitrogens is 1. The molecule has 146 valence electrons. The Labute approximate surface area is 167 Å². The molecule has 1 aliphatic rings. The number of benzene rings is 2. The summed E-state index contributed by atoms with van der Waals surface area (Å²) >= 11 is 0. The lowest BCUT2D eigenvalue weighted by Gasteiger charge is -2.34. The molecule has 0 bridgehead atoms. The van der Waals surface area contributed by atoms with Gasteiger partial charge in [-0.05, 0) is 28.6 Å². The largest absolute Gasteiger partial charge is 0.360 e. The average Bonchev–Trinajstić information content (AvgIpc) is 3.41. The lowest BCUT2D eigenvalue weighted by molar-refractivity contribution is 0.0626. The third kappa shape index (κ3) is 3.38. The molecule has 1 fully saturated rings. The maximum Gasteiger partial charge on any atom is 0.256 e. The zero-order valence-electron chi connectivity index (χ0n) is 15.9. The first-order valence-electron chi connectivity index (χ1n) is 9.70. The van der Waals surface area contributed by atoms with Crippen molar-refractivity contribution >= 4 is 16.8 Å². The topological polar surface area (TPSA) is 82.9 Å². The van der Waals surface area contributed by atoms with Gasteiger partial charge in [-0.3, -0.25) is 9.69 Å². The van der Waals surface area contributed by atoms with Gasteiger partial charge in [-0.25, -0.2) is 0 Å². The van der Waals surface area contributed by atoms with Crippen LogP contribution in [0.1, 0.15) is 16.2 Å². The molecule has 0 radical (unpaired) electrons. The van der Waals surface area contributed by atoms with Crippen LogP contribution in [-0.4, -0.2) is 67.1 Å². The molecule has 3 heterocycles. The number of carbonyl (C=O) groups excluding carboxylic acids is 1. The second-order valence-corrected chi connectivity index (χ2v) is 7.16. The van der Waals surface area contributed by atoms with E-state index in [0.29, 0.717) is 19.6 Å². The molecule has 0 spiro atoms. The highest BCUT2D eigenvalue weighted by atomic mass is 16.2. The molecule has 0 saturated carbocycles. The number of carbonyl (C=O) groups is 1. The molecular formula is C21H21N7O. The Hall–Kier alpha value is -3.52. The van der Waals surface area contributed by atoms with Crippen LogP contribution >= 0.6 is 0 Å². The minimum absolute atomic E-state index is 0.0798. The third-order valence-corrected chi connectivity index (χ3v) is 5.38.